The molecule has 2 heterocycles. The fraction of sp³-hybridized carbons (Fsp3) is 0. The second kappa shape index (κ2) is 2.48. The van der Waals surface area contributed by atoms with E-state index in [9.17, 15) is 4.79 Å². The fourth-order valence-corrected chi connectivity index (χ4v) is 1.12. The molecule has 0 aromatic carbocycles. The topological polar surface area (TPSA) is 80.0 Å². The summed E-state index contributed by atoms with van der Waals surface area (Å²) in [5.41, 5.74) is 7.09. The molecule has 5 nitrogen and oxygen atoms in total. The van der Waals surface area contributed by atoms with Crippen molar-refractivity contribution in [3.8, 4) is 0 Å². The van der Waals surface area contributed by atoms with Gasteiger partial charge in [0.15, 0.2) is 0 Å². The van der Waals surface area contributed by atoms with E-state index in [2.05, 4.69) is 22.2 Å². The van der Waals surface area contributed by atoms with Gasteiger partial charge in [-0.05, 0) is 6.07 Å². The van der Waals surface area contributed by atoms with Crippen LogP contribution in [0.25, 0.3) is 0 Å². The smallest absolute Gasteiger partial charge is 0.271 e. The van der Waals surface area contributed by atoms with Gasteiger partial charge in [-0.25, -0.2) is 4.98 Å². The van der Waals surface area contributed by atoms with Crippen molar-refractivity contribution in [3.63, 3.8) is 0 Å². The zero-order valence-electron chi connectivity index (χ0n) is 6.79. The van der Waals surface area contributed by atoms with E-state index in [-0.39, 0.29) is 5.91 Å². The van der Waals surface area contributed by atoms with Gasteiger partial charge in [-0.1, -0.05) is 6.58 Å². The molecule has 5 heteroatoms. The first kappa shape index (κ1) is 7.60. The van der Waals surface area contributed by atoms with Gasteiger partial charge in [-0.2, -0.15) is 0 Å². The first-order valence-electron chi connectivity index (χ1n) is 3.70. The number of nitrogens with zero attached hydrogens (tertiary/aromatic N) is 1. The highest BCUT2D eigenvalue weighted by Crippen LogP contribution is 2.30. The third-order valence-electron chi connectivity index (χ3n) is 1.78. The van der Waals surface area contributed by atoms with Gasteiger partial charge in [0.05, 0.1) is 11.4 Å². The molecule has 0 aliphatic carbocycles. The highest BCUT2D eigenvalue weighted by Gasteiger charge is 2.19. The Morgan fingerprint density at radius 3 is 3.00 bits per heavy atom. The van der Waals surface area contributed by atoms with E-state index in [4.69, 9.17) is 5.73 Å². The van der Waals surface area contributed by atoms with Crippen molar-refractivity contribution in [1.82, 2.24) is 4.98 Å². The van der Waals surface area contributed by atoms with Crippen molar-refractivity contribution >= 4 is 23.1 Å². The molecule has 0 fully saturated rings. The summed E-state index contributed by atoms with van der Waals surface area (Å²) < 4.78 is 0. The minimum absolute atomic E-state index is 0.285. The largest absolute Gasteiger partial charge is 0.382 e. The molecule has 0 radical (unpaired) electrons. The molecule has 0 unspecified atom stereocenters. The molecule has 0 saturated carbocycles. The number of hydrogen-bond acceptors (Lipinski definition) is 4. The Balaban J connectivity index is 2.54. The van der Waals surface area contributed by atoms with Crippen LogP contribution in [0.4, 0.5) is 17.2 Å². The Morgan fingerprint density at radius 2 is 2.23 bits per heavy atom. The number of rotatable bonds is 0. The molecular formula is C8H8N4O. The summed E-state index contributed by atoms with van der Waals surface area (Å²) in [6, 6.07) is 1.72. The van der Waals surface area contributed by atoms with E-state index in [1.54, 1.807) is 12.3 Å². The third-order valence-corrected chi connectivity index (χ3v) is 1.78. The average molecular weight is 176 g/mol. The Kier molecular flexibility index (Phi) is 1.45. The van der Waals surface area contributed by atoms with Crippen LogP contribution in [-0.2, 0) is 4.79 Å². The predicted octanol–water partition coefficient (Wildman–Crippen LogP) is 0.541. The Morgan fingerprint density at radius 1 is 1.46 bits per heavy atom. The van der Waals surface area contributed by atoms with Crippen LogP contribution in [0.2, 0.25) is 0 Å². The molecule has 2 rings (SSSR count). The van der Waals surface area contributed by atoms with Crippen molar-refractivity contribution in [1.29, 1.82) is 0 Å². The van der Waals surface area contributed by atoms with Gasteiger partial charge < -0.3 is 16.4 Å². The van der Waals surface area contributed by atoms with Crippen LogP contribution in [0.15, 0.2) is 24.5 Å². The second-order valence-electron chi connectivity index (χ2n) is 2.68. The number of hydrogen-bond donors (Lipinski definition) is 3. The third kappa shape index (κ3) is 1.10. The minimum Gasteiger partial charge on any atom is -0.382 e. The molecule has 1 aliphatic rings. The summed E-state index contributed by atoms with van der Waals surface area (Å²) in [6.45, 7) is 3.54. The number of carbonyl (C=O) groups is 1. The fourth-order valence-electron chi connectivity index (χ4n) is 1.12. The molecule has 1 aromatic rings. The maximum Gasteiger partial charge on any atom is 0.271 e. The van der Waals surface area contributed by atoms with Crippen molar-refractivity contribution in [2.45, 2.75) is 0 Å². The summed E-state index contributed by atoms with van der Waals surface area (Å²) in [5, 5.41) is 5.41. The molecule has 1 amide bonds. The lowest BCUT2D eigenvalue weighted by Gasteiger charge is -2.20. The number of anilines is 3. The van der Waals surface area contributed by atoms with E-state index in [0.717, 1.165) is 5.69 Å². The van der Waals surface area contributed by atoms with Gasteiger partial charge in [0.1, 0.15) is 11.5 Å². The quantitative estimate of drug-likeness (QED) is 0.504. The molecule has 66 valence electrons. The highest BCUT2D eigenvalue weighted by atomic mass is 16.2. The Labute approximate surface area is 74.7 Å². The van der Waals surface area contributed by atoms with Gasteiger partial charge >= 0.3 is 0 Å². The minimum atomic E-state index is -0.285. The number of amides is 1. The molecule has 0 bridgehead atoms. The summed E-state index contributed by atoms with van der Waals surface area (Å²) in [6.07, 6.45) is 1.56. The van der Waals surface area contributed by atoms with E-state index in [1.165, 1.54) is 0 Å². The van der Waals surface area contributed by atoms with Crippen LogP contribution in [0.1, 0.15) is 0 Å². The molecule has 0 spiro atoms. The molecule has 0 saturated heterocycles. The lowest BCUT2D eigenvalue weighted by Crippen LogP contribution is -2.25. The lowest BCUT2D eigenvalue weighted by molar-refractivity contribution is -0.112. The maximum absolute atomic E-state index is 11.2. The summed E-state index contributed by atoms with van der Waals surface area (Å²) in [5.74, 6) is 0.0121. The Hall–Kier alpha value is -2.04. The highest BCUT2D eigenvalue weighted by molar-refractivity contribution is 6.12. The maximum atomic E-state index is 11.2. The van der Waals surface area contributed by atoms with E-state index in [1.807, 2.05) is 0 Å². The molecule has 4 N–H and O–H groups in total. The summed E-state index contributed by atoms with van der Waals surface area (Å²) >= 11 is 0. The number of fused-ring (bicyclic) bond motifs is 1. The predicted molar refractivity (Wildman–Crippen MR) is 50.0 cm³/mol. The lowest BCUT2D eigenvalue weighted by atomic mass is 10.2. The molecular weight excluding hydrogens is 168 g/mol. The number of nitrogens with one attached hydrogen (secondary N) is 2. The van der Waals surface area contributed by atoms with Gasteiger partial charge in [0.2, 0.25) is 0 Å². The normalized spacial score (nSPS) is 14.5. The van der Waals surface area contributed by atoms with Crippen LogP contribution in [0, 0.1) is 0 Å². The molecule has 0 atom stereocenters. The zero-order valence-corrected chi connectivity index (χ0v) is 6.79. The van der Waals surface area contributed by atoms with Gasteiger partial charge in [-0.3, -0.25) is 4.79 Å². The summed E-state index contributed by atoms with van der Waals surface area (Å²) in [4.78, 5) is 15.0. The van der Waals surface area contributed by atoms with Crippen molar-refractivity contribution < 1.29 is 4.79 Å². The van der Waals surface area contributed by atoms with Crippen molar-refractivity contribution in [3.05, 3.63) is 24.5 Å². The van der Waals surface area contributed by atoms with E-state index >= 15 is 0 Å². The standard InChI is InChI=1S/C8H8N4O/c1-4-8(13)12-6-5(11-4)2-3-10-7(6)9/h2-3,11H,1H2,(H2,9,10)(H,12,13). The number of nitrogens with two attached hydrogens (primary N) is 1. The average Bonchev–Trinajstić information content (AvgIpc) is 2.09. The first-order valence-corrected chi connectivity index (χ1v) is 3.70. The first-order chi connectivity index (χ1) is 6.18. The van der Waals surface area contributed by atoms with E-state index in [0.29, 0.717) is 17.2 Å². The molecule has 13 heavy (non-hydrogen) atoms. The summed E-state index contributed by atoms with van der Waals surface area (Å²) in [7, 11) is 0. The van der Waals surface area contributed by atoms with Gasteiger partial charge in [0.25, 0.3) is 5.91 Å². The second-order valence-corrected chi connectivity index (χ2v) is 2.68. The number of nitrogen functional groups attached to an aromatic ring is 1. The SMILES string of the molecule is C=C1Nc2ccnc(N)c2NC1=O. The van der Waals surface area contributed by atoms with Gasteiger partial charge in [-0.15, -0.1) is 0 Å². The Bertz CT molecular complexity index is 399. The number of pyridine rings is 1. The van der Waals surface area contributed by atoms with E-state index < -0.39 is 0 Å². The van der Waals surface area contributed by atoms with Crippen molar-refractivity contribution in [2.24, 2.45) is 0 Å². The van der Waals surface area contributed by atoms with Crippen LogP contribution >= 0.6 is 0 Å². The molecule has 1 aliphatic heterocycles. The van der Waals surface area contributed by atoms with Crippen LogP contribution in [0.5, 0.6) is 0 Å². The van der Waals surface area contributed by atoms with Crippen LogP contribution in [-0.4, -0.2) is 10.9 Å². The number of carbonyl (C=O) groups excluding carboxylic acids is 1. The zero-order chi connectivity index (χ0) is 9.42. The van der Waals surface area contributed by atoms with Gasteiger partial charge in [0, 0.05) is 6.20 Å². The number of aromatic nitrogens is 1. The molecule has 1 aromatic heterocycles. The van der Waals surface area contributed by atoms with Crippen molar-refractivity contribution in [2.75, 3.05) is 16.4 Å². The van der Waals surface area contributed by atoms with Crippen LogP contribution in [0.3, 0.4) is 0 Å². The van der Waals surface area contributed by atoms with Crippen LogP contribution < -0.4 is 16.4 Å². The monoisotopic (exact) mass is 176 g/mol.